The molecule has 1 aliphatic carbocycles. The number of nitrogens with zero attached hydrogens (tertiary/aromatic N) is 3. The first-order valence-electron chi connectivity index (χ1n) is 8.71. The van der Waals surface area contributed by atoms with E-state index in [1.807, 2.05) is 6.07 Å². The third kappa shape index (κ3) is 3.10. The van der Waals surface area contributed by atoms with Crippen LogP contribution in [0.2, 0.25) is 0 Å². The molecule has 2 aliphatic rings. The SMILES string of the molecule is [C-]#[N+]c1ccc(Oc2ccc(N3C(=O)NC(C)(C)C3=O)cn2)c(C2CC2)c1. The van der Waals surface area contributed by atoms with Gasteiger partial charge in [0.05, 0.1) is 18.5 Å². The van der Waals surface area contributed by atoms with Crippen LogP contribution >= 0.6 is 0 Å². The number of carbonyl (C=O) groups is 2. The number of benzene rings is 1. The van der Waals surface area contributed by atoms with Crippen molar-refractivity contribution in [1.82, 2.24) is 10.3 Å². The van der Waals surface area contributed by atoms with Crippen molar-refractivity contribution in [3.8, 4) is 11.6 Å². The number of hydrogen-bond donors (Lipinski definition) is 1. The zero-order valence-corrected chi connectivity index (χ0v) is 15.0. The van der Waals surface area contributed by atoms with E-state index >= 15 is 0 Å². The predicted octanol–water partition coefficient (Wildman–Crippen LogP) is 4.14. The van der Waals surface area contributed by atoms with Crippen LogP contribution in [0.25, 0.3) is 4.85 Å². The summed E-state index contributed by atoms with van der Waals surface area (Å²) in [4.78, 5) is 33.2. The van der Waals surface area contributed by atoms with Crippen LogP contribution in [0.15, 0.2) is 36.5 Å². The predicted molar refractivity (Wildman–Crippen MR) is 99.1 cm³/mol. The fourth-order valence-electron chi connectivity index (χ4n) is 3.07. The normalized spacial score (nSPS) is 18.2. The van der Waals surface area contributed by atoms with E-state index in [4.69, 9.17) is 11.3 Å². The second-order valence-electron chi connectivity index (χ2n) is 7.26. The molecule has 1 N–H and O–H groups in total. The van der Waals surface area contributed by atoms with Gasteiger partial charge in [-0.3, -0.25) is 4.79 Å². The molecule has 136 valence electrons. The van der Waals surface area contributed by atoms with Crippen molar-refractivity contribution in [2.45, 2.75) is 38.1 Å². The third-order valence-corrected chi connectivity index (χ3v) is 4.69. The highest BCUT2D eigenvalue weighted by molar-refractivity contribution is 6.22. The van der Waals surface area contributed by atoms with Crippen LogP contribution < -0.4 is 15.0 Å². The van der Waals surface area contributed by atoms with Crippen LogP contribution in [0.5, 0.6) is 11.6 Å². The van der Waals surface area contributed by atoms with Gasteiger partial charge in [-0.2, -0.15) is 0 Å². The van der Waals surface area contributed by atoms with E-state index in [0.29, 0.717) is 28.9 Å². The van der Waals surface area contributed by atoms with Crippen molar-refractivity contribution in [3.05, 3.63) is 53.5 Å². The first-order chi connectivity index (χ1) is 12.9. The second-order valence-corrected chi connectivity index (χ2v) is 7.26. The van der Waals surface area contributed by atoms with Gasteiger partial charge in [-0.15, -0.1) is 0 Å². The van der Waals surface area contributed by atoms with Crippen LogP contribution in [0, 0.1) is 6.57 Å². The average molecular weight is 362 g/mol. The molecule has 3 amide bonds. The quantitative estimate of drug-likeness (QED) is 0.655. The Bertz CT molecular complexity index is 972. The molecule has 7 nitrogen and oxygen atoms in total. The minimum absolute atomic E-state index is 0.325. The van der Waals surface area contributed by atoms with Gasteiger partial charge >= 0.3 is 6.03 Å². The smallest absolute Gasteiger partial charge is 0.329 e. The molecule has 4 rings (SSSR count). The topological polar surface area (TPSA) is 75.9 Å². The number of amides is 3. The second kappa shape index (κ2) is 6.09. The Balaban J connectivity index is 1.57. The van der Waals surface area contributed by atoms with E-state index in [0.717, 1.165) is 23.3 Å². The van der Waals surface area contributed by atoms with E-state index in [1.165, 1.54) is 6.20 Å². The number of hydrogen-bond acceptors (Lipinski definition) is 4. The minimum Gasteiger partial charge on any atom is -0.439 e. The highest BCUT2D eigenvalue weighted by Crippen LogP contribution is 2.46. The van der Waals surface area contributed by atoms with E-state index in [9.17, 15) is 9.59 Å². The fourth-order valence-corrected chi connectivity index (χ4v) is 3.07. The van der Waals surface area contributed by atoms with E-state index in [2.05, 4.69) is 15.1 Å². The first-order valence-corrected chi connectivity index (χ1v) is 8.71. The Labute approximate surface area is 156 Å². The molecule has 2 aromatic rings. The standard InChI is InChI=1S/C20H18N4O3/c1-20(2)18(25)24(19(26)23-20)14-7-9-17(22-11-14)27-16-8-6-13(21-3)10-15(16)12-4-5-12/h6-12H,4-5H2,1-2H3,(H,23,26). The van der Waals surface area contributed by atoms with Crippen molar-refractivity contribution < 1.29 is 14.3 Å². The van der Waals surface area contributed by atoms with Crippen LogP contribution in [-0.2, 0) is 4.79 Å². The summed E-state index contributed by atoms with van der Waals surface area (Å²) in [7, 11) is 0. The van der Waals surface area contributed by atoms with Gasteiger partial charge in [-0.05, 0) is 56.4 Å². The lowest BCUT2D eigenvalue weighted by Crippen LogP contribution is -2.40. The van der Waals surface area contributed by atoms with Crippen LogP contribution in [-0.4, -0.2) is 22.5 Å². The molecule has 1 saturated carbocycles. The lowest BCUT2D eigenvalue weighted by molar-refractivity contribution is -0.121. The number of carbonyl (C=O) groups excluding carboxylic acids is 2. The van der Waals surface area contributed by atoms with Crippen LogP contribution in [0.3, 0.4) is 0 Å². The molecule has 0 atom stereocenters. The maximum absolute atomic E-state index is 12.4. The van der Waals surface area contributed by atoms with Gasteiger partial charge in [0.15, 0.2) is 5.69 Å². The van der Waals surface area contributed by atoms with Crippen molar-refractivity contribution in [2.24, 2.45) is 0 Å². The molecule has 7 heteroatoms. The average Bonchev–Trinajstić information content (AvgIpc) is 3.45. The molecule has 1 saturated heterocycles. The number of aromatic nitrogens is 1. The van der Waals surface area contributed by atoms with E-state index in [1.54, 1.807) is 38.1 Å². The summed E-state index contributed by atoms with van der Waals surface area (Å²) < 4.78 is 5.90. The number of nitrogens with one attached hydrogen (secondary N) is 1. The maximum atomic E-state index is 12.4. The number of urea groups is 1. The number of rotatable bonds is 4. The summed E-state index contributed by atoms with van der Waals surface area (Å²) in [6.07, 6.45) is 3.62. The summed E-state index contributed by atoms with van der Waals surface area (Å²) in [5, 5.41) is 2.64. The van der Waals surface area contributed by atoms with Crippen molar-refractivity contribution in [1.29, 1.82) is 0 Å². The van der Waals surface area contributed by atoms with Crippen molar-refractivity contribution in [2.75, 3.05) is 4.90 Å². The minimum atomic E-state index is -0.934. The molecule has 0 bridgehead atoms. The largest absolute Gasteiger partial charge is 0.439 e. The van der Waals surface area contributed by atoms with E-state index in [-0.39, 0.29) is 5.91 Å². The summed E-state index contributed by atoms with van der Waals surface area (Å²) in [5.74, 6) is 1.15. The van der Waals surface area contributed by atoms with E-state index < -0.39 is 11.6 Å². The highest BCUT2D eigenvalue weighted by atomic mass is 16.5. The Morgan fingerprint density at radius 2 is 2.04 bits per heavy atom. The molecule has 1 aromatic heterocycles. The van der Waals surface area contributed by atoms with Gasteiger partial charge in [0, 0.05) is 6.07 Å². The molecular formula is C20H18N4O3. The van der Waals surface area contributed by atoms with Crippen molar-refractivity contribution in [3.63, 3.8) is 0 Å². The van der Waals surface area contributed by atoms with Gasteiger partial charge in [0.1, 0.15) is 11.3 Å². The van der Waals surface area contributed by atoms with Gasteiger partial charge < -0.3 is 10.1 Å². The summed E-state index contributed by atoms with van der Waals surface area (Å²) >= 11 is 0. The Hall–Kier alpha value is -3.40. The van der Waals surface area contributed by atoms with Crippen molar-refractivity contribution >= 4 is 23.3 Å². The molecule has 2 fully saturated rings. The van der Waals surface area contributed by atoms with Crippen LogP contribution in [0.4, 0.5) is 16.2 Å². The molecule has 2 heterocycles. The van der Waals surface area contributed by atoms with Gasteiger partial charge in [0.2, 0.25) is 5.88 Å². The summed E-state index contributed by atoms with van der Waals surface area (Å²) in [5.41, 5.74) is 1.07. The zero-order valence-electron chi connectivity index (χ0n) is 15.0. The molecule has 27 heavy (non-hydrogen) atoms. The molecule has 0 unspecified atom stereocenters. The summed E-state index contributed by atoms with van der Waals surface area (Å²) in [6.45, 7) is 10.5. The molecule has 0 radical (unpaired) electrons. The fraction of sp³-hybridized carbons (Fsp3) is 0.300. The number of imide groups is 1. The zero-order chi connectivity index (χ0) is 19.2. The lowest BCUT2D eigenvalue weighted by Gasteiger charge is -2.16. The molecule has 0 spiro atoms. The van der Waals surface area contributed by atoms with Gasteiger partial charge in [0.25, 0.3) is 5.91 Å². The van der Waals surface area contributed by atoms with Crippen LogP contribution in [0.1, 0.15) is 38.2 Å². The highest BCUT2D eigenvalue weighted by Gasteiger charge is 2.45. The number of ether oxygens (including phenoxy) is 1. The molecule has 1 aromatic carbocycles. The first kappa shape index (κ1) is 17.0. The number of anilines is 1. The summed E-state index contributed by atoms with van der Waals surface area (Å²) in [6, 6.07) is 8.16. The lowest BCUT2D eigenvalue weighted by atomic mass is 10.1. The number of pyridine rings is 1. The maximum Gasteiger partial charge on any atom is 0.329 e. The Morgan fingerprint density at radius 3 is 2.59 bits per heavy atom. The third-order valence-electron chi connectivity index (χ3n) is 4.69. The van der Waals surface area contributed by atoms with Gasteiger partial charge in [-0.25, -0.2) is 19.5 Å². The molecular weight excluding hydrogens is 344 g/mol. The monoisotopic (exact) mass is 362 g/mol. The van der Waals surface area contributed by atoms with Gasteiger partial charge in [-0.1, -0.05) is 6.07 Å². The Kier molecular flexibility index (Phi) is 3.84. The molecule has 1 aliphatic heterocycles. The Morgan fingerprint density at radius 1 is 1.26 bits per heavy atom.